The molecule has 0 saturated carbocycles. The molecule has 0 radical (unpaired) electrons. The van der Waals surface area contributed by atoms with Gasteiger partial charge in [-0.15, -0.1) is 0 Å². The second-order valence-electron chi connectivity index (χ2n) is 2.23. The van der Waals surface area contributed by atoms with Crippen molar-refractivity contribution in [3.05, 3.63) is 23.8 Å². The molecule has 1 unspecified atom stereocenters. The maximum atomic E-state index is 11.4. The summed E-state index contributed by atoms with van der Waals surface area (Å²) in [5, 5.41) is 0. The summed E-state index contributed by atoms with van der Waals surface area (Å²) in [7, 11) is -1.93. The molecule has 2 heteroatoms. The van der Waals surface area contributed by atoms with Crippen LogP contribution in [0.1, 0.15) is 13.3 Å². The topological polar surface area (TPSA) is 17.1 Å². The van der Waals surface area contributed by atoms with Crippen LogP contribution in [-0.4, -0.2) is 6.16 Å². The van der Waals surface area contributed by atoms with E-state index in [0.717, 1.165) is 12.6 Å². The standard InChI is InChI=1S/C7H11OP/c1-2-5-9(8)6-3-4-7-9/h2-3,5-6H,4,7H2,1H3/b5-2+. The molecule has 50 valence electrons. The van der Waals surface area contributed by atoms with Crippen molar-refractivity contribution in [3.8, 4) is 0 Å². The van der Waals surface area contributed by atoms with Crippen molar-refractivity contribution in [2.24, 2.45) is 0 Å². The van der Waals surface area contributed by atoms with Crippen LogP contribution in [0, 0.1) is 0 Å². The zero-order valence-electron chi connectivity index (χ0n) is 5.58. The average molecular weight is 142 g/mol. The van der Waals surface area contributed by atoms with Crippen molar-refractivity contribution in [1.29, 1.82) is 0 Å². The molecule has 0 aliphatic carbocycles. The van der Waals surface area contributed by atoms with E-state index in [-0.39, 0.29) is 0 Å². The zero-order chi connectivity index (χ0) is 6.74. The van der Waals surface area contributed by atoms with Gasteiger partial charge >= 0.3 is 0 Å². The third-order valence-electron chi connectivity index (χ3n) is 1.40. The van der Waals surface area contributed by atoms with E-state index in [9.17, 15) is 4.57 Å². The number of hydrogen-bond acceptors (Lipinski definition) is 1. The molecule has 0 saturated heterocycles. The second kappa shape index (κ2) is 2.53. The number of allylic oxidation sites excluding steroid dienone is 2. The maximum absolute atomic E-state index is 11.4. The zero-order valence-corrected chi connectivity index (χ0v) is 6.47. The molecular weight excluding hydrogens is 131 g/mol. The van der Waals surface area contributed by atoms with Gasteiger partial charge in [0, 0.05) is 6.16 Å². The van der Waals surface area contributed by atoms with E-state index in [2.05, 4.69) is 0 Å². The third-order valence-corrected chi connectivity index (χ3v) is 3.88. The highest BCUT2D eigenvalue weighted by Crippen LogP contribution is 2.52. The van der Waals surface area contributed by atoms with Gasteiger partial charge < -0.3 is 4.57 Å². The van der Waals surface area contributed by atoms with Crippen LogP contribution >= 0.6 is 7.14 Å². The van der Waals surface area contributed by atoms with Gasteiger partial charge in [-0.2, -0.15) is 0 Å². The number of rotatable bonds is 1. The van der Waals surface area contributed by atoms with Gasteiger partial charge in [-0.25, -0.2) is 0 Å². The van der Waals surface area contributed by atoms with E-state index < -0.39 is 7.14 Å². The van der Waals surface area contributed by atoms with Crippen LogP contribution in [-0.2, 0) is 4.57 Å². The van der Waals surface area contributed by atoms with Crippen molar-refractivity contribution >= 4 is 7.14 Å². The van der Waals surface area contributed by atoms with E-state index in [0.29, 0.717) is 0 Å². The van der Waals surface area contributed by atoms with Gasteiger partial charge in [0.15, 0.2) is 0 Å². The Kier molecular flexibility index (Phi) is 1.92. The Hall–Kier alpha value is -0.290. The fourth-order valence-electron chi connectivity index (χ4n) is 0.980. The molecule has 1 rings (SSSR count). The fourth-order valence-corrected chi connectivity index (χ4v) is 2.94. The molecule has 0 spiro atoms. The van der Waals surface area contributed by atoms with Crippen LogP contribution in [0.5, 0.6) is 0 Å². The SMILES string of the molecule is C/C=C/P1(=O)C=CCC1. The van der Waals surface area contributed by atoms with Gasteiger partial charge in [0.25, 0.3) is 0 Å². The molecule has 9 heavy (non-hydrogen) atoms. The van der Waals surface area contributed by atoms with E-state index >= 15 is 0 Å². The molecule has 0 aromatic carbocycles. The summed E-state index contributed by atoms with van der Waals surface area (Å²) >= 11 is 0. The lowest BCUT2D eigenvalue weighted by molar-refractivity contribution is 0.587. The van der Waals surface area contributed by atoms with Gasteiger partial charge in [0.2, 0.25) is 0 Å². The van der Waals surface area contributed by atoms with Crippen LogP contribution in [0.2, 0.25) is 0 Å². The van der Waals surface area contributed by atoms with Gasteiger partial charge in [-0.05, 0) is 25.0 Å². The quantitative estimate of drug-likeness (QED) is 0.514. The van der Waals surface area contributed by atoms with E-state index in [1.54, 1.807) is 0 Å². The molecular formula is C7H11OP. The monoisotopic (exact) mass is 142 g/mol. The molecule has 0 N–H and O–H groups in total. The predicted molar refractivity (Wildman–Crippen MR) is 41.0 cm³/mol. The molecule has 1 atom stereocenters. The van der Waals surface area contributed by atoms with E-state index in [1.165, 1.54) is 0 Å². The van der Waals surface area contributed by atoms with Gasteiger partial charge in [-0.1, -0.05) is 12.2 Å². The summed E-state index contributed by atoms with van der Waals surface area (Å²) in [5.41, 5.74) is 0. The van der Waals surface area contributed by atoms with Crippen LogP contribution in [0.3, 0.4) is 0 Å². The Balaban J connectivity index is 2.75. The number of hydrogen-bond donors (Lipinski definition) is 0. The van der Waals surface area contributed by atoms with Crippen LogP contribution in [0.4, 0.5) is 0 Å². The minimum atomic E-state index is -1.93. The molecule has 1 nitrogen and oxygen atoms in total. The minimum Gasteiger partial charge on any atom is -0.315 e. The second-order valence-corrected chi connectivity index (χ2v) is 4.99. The summed E-state index contributed by atoms with van der Waals surface area (Å²) < 4.78 is 11.4. The molecule has 1 aliphatic rings. The smallest absolute Gasteiger partial charge is 0.129 e. The minimum absolute atomic E-state index is 0.845. The Morgan fingerprint density at radius 1 is 1.67 bits per heavy atom. The Morgan fingerprint density at radius 2 is 2.44 bits per heavy atom. The maximum Gasteiger partial charge on any atom is 0.129 e. The Morgan fingerprint density at radius 3 is 2.89 bits per heavy atom. The third kappa shape index (κ3) is 1.56. The first-order chi connectivity index (χ1) is 4.27. The highest BCUT2D eigenvalue weighted by Gasteiger charge is 2.16. The van der Waals surface area contributed by atoms with Gasteiger partial charge in [0.05, 0.1) is 0 Å². The largest absolute Gasteiger partial charge is 0.315 e. The van der Waals surface area contributed by atoms with Gasteiger partial charge in [0.1, 0.15) is 7.14 Å². The normalized spacial score (nSPS) is 34.3. The van der Waals surface area contributed by atoms with Crippen LogP contribution < -0.4 is 0 Å². The molecule has 0 amide bonds. The first-order valence-corrected chi connectivity index (χ1v) is 5.20. The lowest BCUT2D eigenvalue weighted by atomic mass is 10.5. The first-order valence-electron chi connectivity index (χ1n) is 3.17. The van der Waals surface area contributed by atoms with Crippen molar-refractivity contribution < 1.29 is 4.57 Å². The molecule has 1 heterocycles. The summed E-state index contributed by atoms with van der Waals surface area (Å²) in [4.78, 5) is 0. The molecule has 0 bridgehead atoms. The fraction of sp³-hybridized carbons (Fsp3) is 0.429. The summed E-state index contributed by atoms with van der Waals surface area (Å²) in [6.07, 6.45) is 5.70. The van der Waals surface area contributed by atoms with Crippen molar-refractivity contribution in [1.82, 2.24) is 0 Å². The van der Waals surface area contributed by atoms with E-state index in [1.807, 2.05) is 30.7 Å². The first kappa shape index (κ1) is 6.82. The summed E-state index contributed by atoms with van der Waals surface area (Å²) in [5.74, 6) is 3.68. The van der Waals surface area contributed by atoms with E-state index in [4.69, 9.17) is 0 Å². The van der Waals surface area contributed by atoms with Crippen LogP contribution in [0.15, 0.2) is 23.8 Å². The summed E-state index contributed by atoms with van der Waals surface area (Å²) in [6.45, 7) is 1.91. The average Bonchev–Trinajstić information content (AvgIpc) is 2.16. The highest BCUT2D eigenvalue weighted by atomic mass is 31.2. The molecule has 0 aromatic rings. The van der Waals surface area contributed by atoms with Gasteiger partial charge in [-0.3, -0.25) is 0 Å². The predicted octanol–water partition coefficient (Wildman–Crippen LogP) is 2.80. The van der Waals surface area contributed by atoms with Crippen molar-refractivity contribution in [2.45, 2.75) is 13.3 Å². The molecule has 1 aliphatic heterocycles. The summed E-state index contributed by atoms with van der Waals surface area (Å²) in [6, 6.07) is 0. The Labute approximate surface area is 55.8 Å². The lowest BCUT2D eigenvalue weighted by Gasteiger charge is -1.98. The van der Waals surface area contributed by atoms with Crippen molar-refractivity contribution in [3.63, 3.8) is 0 Å². The Bertz CT molecular complexity index is 191. The lowest BCUT2D eigenvalue weighted by Crippen LogP contribution is -1.72. The van der Waals surface area contributed by atoms with Crippen LogP contribution in [0.25, 0.3) is 0 Å². The highest BCUT2D eigenvalue weighted by molar-refractivity contribution is 7.70. The molecule has 0 aromatic heterocycles. The molecule has 0 fully saturated rings. The van der Waals surface area contributed by atoms with Crippen molar-refractivity contribution in [2.75, 3.05) is 6.16 Å².